The van der Waals surface area contributed by atoms with Crippen LogP contribution in [0.5, 0.6) is 0 Å². The Morgan fingerprint density at radius 1 is 1.31 bits per heavy atom. The van der Waals surface area contributed by atoms with E-state index in [1.165, 1.54) is 0 Å². The maximum atomic E-state index is 11.8. The normalized spacial score (nSPS) is 31.4. The van der Waals surface area contributed by atoms with Crippen LogP contribution in [0.25, 0.3) is 0 Å². The van der Waals surface area contributed by atoms with E-state index in [1.54, 1.807) is 0 Å². The lowest BCUT2D eigenvalue weighted by Crippen LogP contribution is -2.41. The van der Waals surface area contributed by atoms with E-state index in [0.717, 1.165) is 25.9 Å². The lowest BCUT2D eigenvalue weighted by molar-refractivity contribution is -0.122. The smallest absolute Gasteiger partial charge is 0.237 e. The maximum Gasteiger partial charge on any atom is 0.237 e. The van der Waals surface area contributed by atoms with Crippen molar-refractivity contribution in [2.24, 2.45) is 16.7 Å². The van der Waals surface area contributed by atoms with Crippen LogP contribution in [-0.2, 0) is 4.79 Å². The average molecular weight is 224 g/mol. The molecule has 3 heteroatoms. The van der Waals surface area contributed by atoms with E-state index in [9.17, 15) is 4.79 Å². The second-order valence-electron chi connectivity index (χ2n) is 6.39. The van der Waals surface area contributed by atoms with Gasteiger partial charge in [0, 0.05) is 6.54 Å². The van der Waals surface area contributed by atoms with Crippen molar-refractivity contribution in [3.05, 3.63) is 0 Å². The number of carbonyl (C=O) groups is 1. The summed E-state index contributed by atoms with van der Waals surface area (Å²) in [5, 5.41) is 6.33. The molecule has 0 aromatic rings. The van der Waals surface area contributed by atoms with E-state index in [1.807, 2.05) is 0 Å². The Kier molecular flexibility index (Phi) is 2.77. The summed E-state index contributed by atoms with van der Waals surface area (Å²) in [5.74, 6) is 0.807. The molecule has 0 unspecified atom stereocenters. The SMILES string of the molecule is CC1(C)C(CNC(=O)[C@@H]2CCCN2)C1(C)C. The zero-order chi connectivity index (χ0) is 12.0. The Bertz CT molecular complexity index is 276. The first-order valence-corrected chi connectivity index (χ1v) is 6.38. The fourth-order valence-electron chi connectivity index (χ4n) is 3.08. The number of hydrogen-bond acceptors (Lipinski definition) is 2. The molecule has 2 fully saturated rings. The number of nitrogens with one attached hydrogen (secondary N) is 2. The lowest BCUT2D eigenvalue weighted by Gasteiger charge is -2.11. The third kappa shape index (κ3) is 1.75. The van der Waals surface area contributed by atoms with Crippen molar-refractivity contribution >= 4 is 5.91 Å². The summed E-state index contributed by atoms with van der Waals surface area (Å²) in [5.41, 5.74) is 0.729. The highest BCUT2D eigenvalue weighted by molar-refractivity contribution is 5.82. The third-order valence-corrected chi connectivity index (χ3v) is 5.18. The summed E-state index contributed by atoms with van der Waals surface area (Å²) in [6.45, 7) is 11.0. The van der Waals surface area contributed by atoms with E-state index in [2.05, 4.69) is 38.3 Å². The molecule has 1 aliphatic heterocycles. The van der Waals surface area contributed by atoms with Crippen LogP contribution in [0, 0.1) is 16.7 Å². The molecule has 2 aliphatic rings. The Labute approximate surface area is 98.4 Å². The van der Waals surface area contributed by atoms with Crippen molar-refractivity contribution < 1.29 is 4.79 Å². The fraction of sp³-hybridized carbons (Fsp3) is 0.923. The summed E-state index contributed by atoms with van der Waals surface area (Å²) in [4.78, 5) is 11.8. The van der Waals surface area contributed by atoms with Gasteiger partial charge in [0.2, 0.25) is 5.91 Å². The second kappa shape index (κ2) is 3.73. The Balaban J connectivity index is 1.79. The molecule has 0 aromatic carbocycles. The molecule has 1 aliphatic carbocycles. The van der Waals surface area contributed by atoms with Gasteiger partial charge in [0.25, 0.3) is 0 Å². The van der Waals surface area contributed by atoms with Crippen LogP contribution in [0.1, 0.15) is 40.5 Å². The molecular formula is C13H24N2O. The molecule has 1 amide bonds. The van der Waals surface area contributed by atoms with Crippen molar-refractivity contribution in [3.63, 3.8) is 0 Å². The molecule has 1 atom stereocenters. The second-order valence-corrected chi connectivity index (χ2v) is 6.39. The van der Waals surface area contributed by atoms with E-state index in [4.69, 9.17) is 0 Å². The Morgan fingerprint density at radius 2 is 1.94 bits per heavy atom. The first kappa shape index (κ1) is 11.9. The van der Waals surface area contributed by atoms with Crippen molar-refractivity contribution in [1.29, 1.82) is 0 Å². The van der Waals surface area contributed by atoms with Crippen molar-refractivity contribution in [3.8, 4) is 0 Å². The molecule has 2 N–H and O–H groups in total. The molecule has 3 nitrogen and oxygen atoms in total. The van der Waals surface area contributed by atoms with Gasteiger partial charge in [0.1, 0.15) is 0 Å². The summed E-state index contributed by atoms with van der Waals surface area (Å²) in [6, 6.07) is 0.0602. The predicted octanol–water partition coefficient (Wildman–Crippen LogP) is 1.54. The highest BCUT2D eigenvalue weighted by atomic mass is 16.2. The van der Waals surface area contributed by atoms with E-state index in [0.29, 0.717) is 16.7 Å². The Hall–Kier alpha value is -0.570. The third-order valence-electron chi connectivity index (χ3n) is 5.18. The summed E-state index contributed by atoms with van der Waals surface area (Å²) in [7, 11) is 0. The molecule has 92 valence electrons. The minimum Gasteiger partial charge on any atom is -0.354 e. The number of hydrogen-bond donors (Lipinski definition) is 2. The molecule has 1 saturated heterocycles. The van der Waals surface area contributed by atoms with Gasteiger partial charge in [0.15, 0.2) is 0 Å². The number of carbonyl (C=O) groups excluding carboxylic acids is 1. The topological polar surface area (TPSA) is 41.1 Å². The van der Waals surface area contributed by atoms with E-state index < -0.39 is 0 Å². The van der Waals surface area contributed by atoms with Crippen LogP contribution >= 0.6 is 0 Å². The zero-order valence-corrected chi connectivity index (χ0v) is 10.9. The maximum absolute atomic E-state index is 11.8. The van der Waals surface area contributed by atoms with Gasteiger partial charge in [-0.05, 0) is 36.1 Å². The predicted molar refractivity (Wildman–Crippen MR) is 65.1 cm³/mol. The van der Waals surface area contributed by atoms with Gasteiger partial charge < -0.3 is 10.6 Å². The molecule has 0 spiro atoms. The van der Waals surface area contributed by atoms with Crippen molar-refractivity contribution in [1.82, 2.24) is 10.6 Å². The van der Waals surface area contributed by atoms with Gasteiger partial charge in [0.05, 0.1) is 6.04 Å². The minimum absolute atomic E-state index is 0.0602. The van der Waals surface area contributed by atoms with Crippen LogP contribution in [0.2, 0.25) is 0 Å². The molecule has 1 saturated carbocycles. The molecule has 16 heavy (non-hydrogen) atoms. The summed E-state index contributed by atoms with van der Waals surface area (Å²) in [6.07, 6.45) is 2.11. The minimum atomic E-state index is 0.0602. The first-order valence-electron chi connectivity index (χ1n) is 6.38. The van der Waals surface area contributed by atoms with Crippen LogP contribution in [0.3, 0.4) is 0 Å². The van der Waals surface area contributed by atoms with Crippen molar-refractivity contribution in [2.75, 3.05) is 13.1 Å². The van der Waals surface area contributed by atoms with Gasteiger partial charge in [-0.1, -0.05) is 27.7 Å². The summed E-state index contributed by atoms with van der Waals surface area (Å²) < 4.78 is 0. The molecule has 0 bridgehead atoms. The Morgan fingerprint density at radius 3 is 2.38 bits per heavy atom. The average Bonchev–Trinajstić information content (AvgIpc) is 2.66. The van der Waals surface area contributed by atoms with Gasteiger partial charge >= 0.3 is 0 Å². The van der Waals surface area contributed by atoms with Crippen LogP contribution in [0.4, 0.5) is 0 Å². The highest BCUT2D eigenvalue weighted by Gasteiger charge is 2.64. The van der Waals surface area contributed by atoms with E-state index >= 15 is 0 Å². The number of rotatable bonds is 3. The molecule has 0 radical (unpaired) electrons. The molecular weight excluding hydrogens is 200 g/mol. The highest BCUT2D eigenvalue weighted by Crippen LogP contribution is 2.67. The summed E-state index contributed by atoms with van der Waals surface area (Å²) >= 11 is 0. The zero-order valence-electron chi connectivity index (χ0n) is 10.9. The van der Waals surface area contributed by atoms with Crippen molar-refractivity contribution in [2.45, 2.75) is 46.6 Å². The standard InChI is InChI=1S/C13H24N2O/c1-12(2)10(13(12,3)4)8-15-11(16)9-6-5-7-14-9/h9-10,14H,5-8H2,1-4H3,(H,15,16)/t9-/m0/s1. The van der Waals surface area contributed by atoms with Crippen LogP contribution < -0.4 is 10.6 Å². The largest absolute Gasteiger partial charge is 0.354 e. The monoisotopic (exact) mass is 224 g/mol. The lowest BCUT2D eigenvalue weighted by atomic mass is 10.0. The molecule has 1 heterocycles. The fourth-order valence-corrected chi connectivity index (χ4v) is 3.08. The molecule has 2 rings (SSSR count). The van der Waals surface area contributed by atoms with Crippen LogP contribution in [0.15, 0.2) is 0 Å². The van der Waals surface area contributed by atoms with Gasteiger partial charge in [-0.15, -0.1) is 0 Å². The molecule has 0 aromatic heterocycles. The van der Waals surface area contributed by atoms with Gasteiger partial charge in [-0.3, -0.25) is 4.79 Å². The quantitative estimate of drug-likeness (QED) is 0.763. The van der Waals surface area contributed by atoms with E-state index in [-0.39, 0.29) is 11.9 Å². The number of amides is 1. The van der Waals surface area contributed by atoms with Gasteiger partial charge in [-0.2, -0.15) is 0 Å². The van der Waals surface area contributed by atoms with Gasteiger partial charge in [-0.25, -0.2) is 0 Å². The van der Waals surface area contributed by atoms with Crippen LogP contribution in [-0.4, -0.2) is 25.0 Å². The first-order chi connectivity index (χ1) is 7.37.